The van der Waals surface area contributed by atoms with Gasteiger partial charge in [0, 0.05) is 15.5 Å². The summed E-state index contributed by atoms with van der Waals surface area (Å²) in [5.41, 5.74) is 6.88. The molecular formula is C14H11Cl2NO2S. The number of nitrogen functional groups attached to an aromatic ring is 1. The fourth-order valence-corrected chi connectivity index (χ4v) is 3.04. The molecule has 0 unspecified atom stereocenters. The van der Waals surface area contributed by atoms with E-state index >= 15 is 0 Å². The van der Waals surface area contributed by atoms with E-state index in [1.165, 1.54) is 11.8 Å². The van der Waals surface area contributed by atoms with Crippen molar-refractivity contribution in [3.05, 3.63) is 51.5 Å². The molecule has 2 aromatic rings. The number of nitrogens with two attached hydrogens (primary N) is 1. The van der Waals surface area contributed by atoms with E-state index in [0.29, 0.717) is 10.0 Å². The van der Waals surface area contributed by atoms with Gasteiger partial charge in [0.2, 0.25) is 0 Å². The SMILES string of the molecule is Cc1cc(Sc2ccc(Cl)c(Cl)c2)cc(C(=O)O)c1N. The first-order valence-corrected chi connectivity index (χ1v) is 7.22. The Morgan fingerprint density at radius 1 is 1.15 bits per heavy atom. The Balaban J connectivity index is 2.38. The highest BCUT2D eigenvalue weighted by atomic mass is 35.5. The van der Waals surface area contributed by atoms with Gasteiger partial charge in [0.1, 0.15) is 0 Å². The van der Waals surface area contributed by atoms with Gasteiger partial charge in [0.15, 0.2) is 0 Å². The average molecular weight is 328 g/mol. The maximum absolute atomic E-state index is 11.1. The van der Waals surface area contributed by atoms with Crippen molar-refractivity contribution in [1.29, 1.82) is 0 Å². The molecule has 2 rings (SSSR count). The third-order valence-electron chi connectivity index (χ3n) is 2.72. The zero-order chi connectivity index (χ0) is 14.9. The summed E-state index contributed by atoms with van der Waals surface area (Å²) in [6.45, 7) is 1.78. The van der Waals surface area contributed by atoms with Crippen molar-refractivity contribution < 1.29 is 9.90 Å². The van der Waals surface area contributed by atoms with Gasteiger partial charge in [0.05, 0.1) is 15.6 Å². The maximum atomic E-state index is 11.1. The lowest BCUT2D eigenvalue weighted by molar-refractivity contribution is 0.0697. The van der Waals surface area contributed by atoms with Crippen molar-refractivity contribution in [2.24, 2.45) is 0 Å². The largest absolute Gasteiger partial charge is 0.478 e. The first-order valence-electron chi connectivity index (χ1n) is 5.65. The van der Waals surface area contributed by atoms with Crippen LogP contribution in [0.4, 0.5) is 5.69 Å². The molecule has 0 fully saturated rings. The molecule has 20 heavy (non-hydrogen) atoms. The lowest BCUT2D eigenvalue weighted by Crippen LogP contribution is -2.04. The van der Waals surface area contributed by atoms with Gasteiger partial charge in [-0.05, 0) is 42.8 Å². The number of carboxylic acid groups (broad SMARTS) is 1. The molecule has 0 saturated heterocycles. The van der Waals surface area contributed by atoms with Gasteiger partial charge in [0.25, 0.3) is 0 Å². The van der Waals surface area contributed by atoms with Gasteiger partial charge in [-0.1, -0.05) is 35.0 Å². The van der Waals surface area contributed by atoms with Crippen molar-refractivity contribution in [3.63, 3.8) is 0 Å². The summed E-state index contributed by atoms with van der Waals surface area (Å²) in [5.74, 6) is -1.04. The van der Waals surface area contributed by atoms with Crippen LogP contribution >= 0.6 is 35.0 Å². The lowest BCUT2D eigenvalue weighted by Gasteiger charge is -2.09. The summed E-state index contributed by atoms with van der Waals surface area (Å²) in [6, 6.07) is 8.66. The van der Waals surface area contributed by atoms with Crippen molar-refractivity contribution in [1.82, 2.24) is 0 Å². The number of anilines is 1. The van der Waals surface area contributed by atoms with Crippen LogP contribution in [0.2, 0.25) is 10.0 Å². The van der Waals surface area contributed by atoms with E-state index in [0.717, 1.165) is 15.4 Å². The van der Waals surface area contributed by atoms with Gasteiger partial charge in [-0.25, -0.2) is 4.79 Å². The fourth-order valence-electron chi connectivity index (χ4n) is 1.68. The van der Waals surface area contributed by atoms with Gasteiger partial charge in [-0.2, -0.15) is 0 Å². The maximum Gasteiger partial charge on any atom is 0.337 e. The highest BCUT2D eigenvalue weighted by Gasteiger charge is 2.12. The monoisotopic (exact) mass is 327 g/mol. The highest BCUT2D eigenvalue weighted by molar-refractivity contribution is 7.99. The van der Waals surface area contributed by atoms with E-state index in [2.05, 4.69) is 0 Å². The quantitative estimate of drug-likeness (QED) is 0.799. The standard InChI is InChI=1S/C14H11Cl2NO2S/c1-7-4-9(5-10(13(7)17)14(18)19)20-8-2-3-11(15)12(16)6-8/h2-6H,17H2,1H3,(H,18,19). The Labute approximate surface area is 130 Å². The van der Waals surface area contributed by atoms with Crippen molar-refractivity contribution >= 4 is 46.6 Å². The smallest absolute Gasteiger partial charge is 0.337 e. The number of rotatable bonds is 3. The molecule has 0 spiro atoms. The zero-order valence-corrected chi connectivity index (χ0v) is 12.8. The molecule has 3 nitrogen and oxygen atoms in total. The molecule has 0 aliphatic carbocycles. The molecule has 0 aliphatic rings. The summed E-state index contributed by atoms with van der Waals surface area (Å²) in [4.78, 5) is 12.8. The first kappa shape index (κ1) is 15.0. The topological polar surface area (TPSA) is 63.3 Å². The Kier molecular flexibility index (Phi) is 4.48. The Morgan fingerprint density at radius 2 is 1.85 bits per heavy atom. The highest BCUT2D eigenvalue weighted by Crippen LogP contribution is 2.34. The summed E-state index contributed by atoms with van der Waals surface area (Å²) in [7, 11) is 0. The van der Waals surface area contributed by atoms with E-state index < -0.39 is 5.97 Å². The van der Waals surface area contributed by atoms with Gasteiger partial charge in [-0.3, -0.25) is 0 Å². The molecular weight excluding hydrogens is 317 g/mol. The Hall–Kier alpha value is -1.36. The van der Waals surface area contributed by atoms with E-state index in [-0.39, 0.29) is 11.3 Å². The molecule has 0 bridgehead atoms. The summed E-state index contributed by atoms with van der Waals surface area (Å²) in [6.07, 6.45) is 0. The number of hydrogen-bond acceptors (Lipinski definition) is 3. The molecule has 2 aromatic carbocycles. The number of carboxylic acids is 1. The molecule has 0 amide bonds. The number of aryl methyl sites for hydroxylation is 1. The predicted molar refractivity (Wildman–Crippen MR) is 83.1 cm³/mol. The minimum Gasteiger partial charge on any atom is -0.478 e. The van der Waals surface area contributed by atoms with Crippen LogP contribution in [0.25, 0.3) is 0 Å². The predicted octanol–water partition coefficient (Wildman–Crippen LogP) is 4.73. The number of hydrogen-bond donors (Lipinski definition) is 2. The van der Waals surface area contributed by atoms with Gasteiger partial charge >= 0.3 is 5.97 Å². The normalized spacial score (nSPS) is 10.6. The minimum atomic E-state index is -1.04. The molecule has 0 atom stereocenters. The molecule has 0 saturated carbocycles. The lowest BCUT2D eigenvalue weighted by atomic mass is 10.1. The molecule has 0 aliphatic heterocycles. The third kappa shape index (κ3) is 3.20. The van der Waals surface area contributed by atoms with Crippen molar-refractivity contribution in [3.8, 4) is 0 Å². The zero-order valence-electron chi connectivity index (χ0n) is 10.5. The van der Waals surface area contributed by atoms with E-state index in [4.69, 9.17) is 34.0 Å². The van der Waals surface area contributed by atoms with E-state index in [9.17, 15) is 4.79 Å². The second-order valence-electron chi connectivity index (χ2n) is 4.18. The van der Waals surface area contributed by atoms with Crippen LogP contribution in [0.1, 0.15) is 15.9 Å². The van der Waals surface area contributed by atoms with Gasteiger partial charge < -0.3 is 10.8 Å². The van der Waals surface area contributed by atoms with Crippen LogP contribution in [0.5, 0.6) is 0 Å². The number of aromatic carboxylic acids is 1. The van der Waals surface area contributed by atoms with Crippen LogP contribution in [0.3, 0.4) is 0 Å². The van der Waals surface area contributed by atoms with Crippen molar-refractivity contribution in [2.75, 3.05) is 5.73 Å². The van der Waals surface area contributed by atoms with Gasteiger partial charge in [-0.15, -0.1) is 0 Å². The van der Waals surface area contributed by atoms with Crippen LogP contribution in [-0.4, -0.2) is 11.1 Å². The molecule has 0 aromatic heterocycles. The summed E-state index contributed by atoms with van der Waals surface area (Å²) < 4.78 is 0. The van der Waals surface area contributed by atoms with Crippen LogP contribution in [0.15, 0.2) is 40.1 Å². The van der Waals surface area contributed by atoms with E-state index in [1.807, 2.05) is 12.1 Å². The number of halogens is 2. The van der Waals surface area contributed by atoms with E-state index in [1.54, 1.807) is 25.1 Å². The molecule has 0 radical (unpaired) electrons. The fraction of sp³-hybridized carbons (Fsp3) is 0.0714. The molecule has 6 heteroatoms. The molecule has 0 heterocycles. The minimum absolute atomic E-state index is 0.104. The molecule has 104 valence electrons. The summed E-state index contributed by atoms with van der Waals surface area (Å²) >= 11 is 13.2. The van der Waals surface area contributed by atoms with Crippen LogP contribution in [0, 0.1) is 6.92 Å². The summed E-state index contributed by atoms with van der Waals surface area (Å²) in [5, 5.41) is 10.1. The second kappa shape index (κ2) is 5.95. The third-order valence-corrected chi connectivity index (χ3v) is 4.42. The number of benzene rings is 2. The number of carbonyl (C=O) groups is 1. The van der Waals surface area contributed by atoms with Crippen molar-refractivity contribution in [2.45, 2.75) is 16.7 Å². The van der Waals surface area contributed by atoms with Crippen LogP contribution < -0.4 is 5.73 Å². The Bertz CT molecular complexity index is 689. The Morgan fingerprint density at radius 3 is 2.45 bits per heavy atom. The second-order valence-corrected chi connectivity index (χ2v) is 6.15. The van der Waals surface area contributed by atoms with Crippen LogP contribution in [-0.2, 0) is 0 Å². The molecule has 3 N–H and O–H groups in total. The average Bonchev–Trinajstić information content (AvgIpc) is 2.37. The first-order chi connectivity index (χ1) is 9.38.